The first-order chi connectivity index (χ1) is 7.18. The van der Waals surface area contributed by atoms with Crippen LogP contribution in [0.1, 0.15) is 22.7 Å². The van der Waals surface area contributed by atoms with Gasteiger partial charge in [0.1, 0.15) is 0 Å². The van der Waals surface area contributed by atoms with Crippen molar-refractivity contribution in [2.24, 2.45) is 5.73 Å². The fourth-order valence-electron chi connectivity index (χ4n) is 1.58. The Hall–Kier alpha value is -0.640. The molecule has 0 aliphatic heterocycles. The third kappa shape index (κ3) is 2.30. The normalized spacial score (nSPS) is 12.7. The maximum atomic E-state index is 6.22. The van der Waals surface area contributed by atoms with Crippen LogP contribution in [0.3, 0.4) is 0 Å². The molecular weight excluding hydrogens is 270 g/mol. The smallest absolute Gasteiger partial charge is 0.0562 e. The van der Waals surface area contributed by atoms with E-state index < -0.39 is 0 Å². The minimum absolute atomic E-state index is 0.0197. The van der Waals surface area contributed by atoms with Crippen molar-refractivity contribution in [3.05, 3.63) is 56.2 Å². The van der Waals surface area contributed by atoms with Gasteiger partial charge in [0.05, 0.1) is 6.04 Å². The molecule has 78 valence electrons. The third-order valence-electron chi connectivity index (χ3n) is 2.48. The Morgan fingerprint density at radius 1 is 1.33 bits per heavy atom. The van der Waals surface area contributed by atoms with Gasteiger partial charge in [0, 0.05) is 4.47 Å². The quantitative estimate of drug-likeness (QED) is 0.889. The second kappa shape index (κ2) is 4.47. The lowest BCUT2D eigenvalue weighted by molar-refractivity contribution is 0.865. The van der Waals surface area contributed by atoms with Gasteiger partial charge < -0.3 is 5.73 Å². The number of hydrogen-bond acceptors (Lipinski definition) is 2. The highest BCUT2D eigenvalue weighted by Gasteiger charge is 2.11. The second-order valence-electron chi connectivity index (χ2n) is 3.54. The van der Waals surface area contributed by atoms with Crippen LogP contribution in [0.15, 0.2) is 39.5 Å². The van der Waals surface area contributed by atoms with Gasteiger partial charge in [-0.1, -0.05) is 22.0 Å². The van der Waals surface area contributed by atoms with E-state index in [0.29, 0.717) is 0 Å². The van der Waals surface area contributed by atoms with E-state index in [9.17, 15) is 0 Å². The van der Waals surface area contributed by atoms with Crippen molar-refractivity contribution in [3.8, 4) is 0 Å². The average molecular weight is 282 g/mol. The number of thiophene rings is 1. The van der Waals surface area contributed by atoms with Crippen LogP contribution in [0.5, 0.6) is 0 Å². The monoisotopic (exact) mass is 281 g/mol. The Morgan fingerprint density at radius 3 is 2.80 bits per heavy atom. The summed E-state index contributed by atoms with van der Waals surface area (Å²) in [4.78, 5) is 0. The summed E-state index contributed by atoms with van der Waals surface area (Å²) in [5.74, 6) is 0. The summed E-state index contributed by atoms with van der Waals surface area (Å²) in [7, 11) is 0. The molecule has 0 aliphatic carbocycles. The number of aryl methyl sites for hydroxylation is 1. The molecule has 0 fully saturated rings. The molecule has 3 heteroatoms. The summed E-state index contributed by atoms with van der Waals surface area (Å²) in [5, 5.41) is 4.16. The van der Waals surface area contributed by atoms with Gasteiger partial charge in [-0.3, -0.25) is 0 Å². The highest BCUT2D eigenvalue weighted by molar-refractivity contribution is 9.10. The van der Waals surface area contributed by atoms with Crippen molar-refractivity contribution >= 4 is 27.3 Å². The summed E-state index contributed by atoms with van der Waals surface area (Å²) >= 11 is 5.16. The Kier molecular flexibility index (Phi) is 3.24. The van der Waals surface area contributed by atoms with E-state index in [1.165, 1.54) is 16.7 Å². The first-order valence-corrected chi connectivity index (χ1v) is 6.46. The zero-order chi connectivity index (χ0) is 10.8. The van der Waals surface area contributed by atoms with Crippen LogP contribution in [0.2, 0.25) is 0 Å². The largest absolute Gasteiger partial charge is 0.320 e. The molecule has 1 aromatic heterocycles. The van der Waals surface area contributed by atoms with Crippen LogP contribution in [0, 0.1) is 6.92 Å². The molecule has 0 bridgehead atoms. The third-order valence-corrected chi connectivity index (χ3v) is 3.67. The average Bonchev–Trinajstić information content (AvgIpc) is 2.74. The highest BCUT2D eigenvalue weighted by atomic mass is 79.9. The number of nitrogens with two attached hydrogens (primary N) is 1. The lowest BCUT2D eigenvalue weighted by atomic mass is 9.98. The molecule has 0 amide bonds. The molecule has 1 aromatic carbocycles. The molecular formula is C12H12BrNS. The number of rotatable bonds is 2. The van der Waals surface area contributed by atoms with Crippen LogP contribution < -0.4 is 5.73 Å². The van der Waals surface area contributed by atoms with Gasteiger partial charge in [0.25, 0.3) is 0 Å². The van der Waals surface area contributed by atoms with E-state index in [2.05, 4.69) is 51.8 Å². The van der Waals surface area contributed by atoms with E-state index in [1.54, 1.807) is 11.3 Å². The Morgan fingerprint density at radius 2 is 2.13 bits per heavy atom. The van der Waals surface area contributed by atoms with Gasteiger partial charge in [-0.2, -0.15) is 11.3 Å². The Bertz CT molecular complexity index is 451. The minimum atomic E-state index is -0.0197. The van der Waals surface area contributed by atoms with Crippen molar-refractivity contribution in [2.45, 2.75) is 13.0 Å². The maximum Gasteiger partial charge on any atom is 0.0562 e. The van der Waals surface area contributed by atoms with E-state index in [-0.39, 0.29) is 6.04 Å². The van der Waals surface area contributed by atoms with Gasteiger partial charge in [-0.05, 0) is 52.6 Å². The molecule has 15 heavy (non-hydrogen) atoms. The highest BCUT2D eigenvalue weighted by Crippen LogP contribution is 2.26. The van der Waals surface area contributed by atoms with Gasteiger partial charge in [0.15, 0.2) is 0 Å². The minimum Gasteiger partial charge on any atom is -0.320 e. The van der Waals surface area contributed by atoms with E-state index in [1.807, 2.05) is 6.07 Å². The van der Waals surface area contributed by atoms with E-state index in [0.717, 1.165) is 4.47 Å². The number of benzene rings is 1. The standard InChI is InChI=1S/C12H12BrNS/c1-8-2-3-10(13)6-11(8)12(14)9-4-5-15-7-9/h2-7,12H,14H2,1H3/t12-/m1/s1. The van der Waals surface area contributed by atoms with Gasteiger partial charge in [-0.25, -0.2) is 0 Å². The lowest BCUT2D eigenvalue weighted by Gasteiger charge is -2.13. The number of hydrogen-bond donors (Lipinski definition) is 1. The van der Waals surface area contributed by atoms with Crippen LogP contribution in [0.4, 0.5) is 0 Å². The predicted octanol–water partition coefficient (Wildman–Crippen LogP) is 3.87. The summed E-state index contributed by atoms with van der Waals surface area (Å²) in [6.07, 6.45) is 0. The van der Waals surface area contributed by atoms with E-state index in [4.69, 9.17) is 5.73 Å². The summed E-state index contributed by atoms with van der Waals surface area (Å²) in [5.41, 5.74) is 9.81. The van der Waals surface area contributed by atoms with Crippen molar-refractivity contribution in [1.29, 1.82) is 0 Å². The molecule has 2 aromatic rings. The second-order valence-corrected chi connectivity index (χ2v) is 5.23. The molecule has 1 atom stereocenters. The first-order valence-electron chi connectivity index (χ1n) is 4.72. The first kappa shape index (κ1) is 10.9. The van der Waals surface area contributed by atoms with Crippen molar-refractivity contribution in [2.75, 3.05) is 0 Å². The zero-order valence-corrected chi connectivity index (χ0v) is 10.8. The predicted molar refractivity (Wildman–Crippen MR) is 69.2 cm³/mol. The van der Waals surface area contributed by atoms with Gasteiger partial charge >= 0.3 is 0 Å². The molecule has 1 nitrogen and oxygen atoms in total. The maximum absolute atomic E-state index is 6.22. The van der Waals surface area contributed by atoms with Crippen LogP contribution >= 0.6 is 27.3 Å². The lowest BCUT2D eigenvalue weighted by Crippen LogP contribution is -2.12. The van der Waals surface area contributed by atoms with Crippen LogP contribution in [0.25, 0.3) is 0 Å². The Balaban J connectivity index is 2.41. The van der Waals surface area contributed by atoms with Crippen molar-refractivity contribution in [1.82, 2.24) is 0 Å². The SMILES string of the molecule is Cc1ccc(Br)cc1[C@H](N)c1ccsc1. The molecule has 0 unspecified atom stereocenters. The van der Waals surface area contributed by atoms with Gasteiger partial charge in [0.2, 0.25) is 0 Å². The molecule has 0 spiro atoms. The Labute approximate surface area is 102 Å². The van der Waals surface area contributed by atoms with Crippen LogP contribution in [-0.4, -0.2) is 0 Å². The molecule has 0 saturated heterocycles. The van der Waals surface area contributed by atoms with Crippen LogP contribution in [-0.2, 0) is 0 Å². The van der Waals surface area contributed by atoms with Gasteiger partial charge in [-0.15, -0.1) is 0 Å². The van der Waals surface area contributed by atoms with Crippen molar-refractivity contribution < 1.29 is 0 Å². The van der Waals surface area contributed by atoms with E-state index >= 15 is 0 Å². The fraction of sp³-hybridized carbons (Fsp3) is 0.167. The fourth-order valence-corrected chi connectivity index (χ4v) is 2.65. The molecule has 2 N–H and O–H groups in total. The molecule has 1 heterocycles. The zero-order valence-electron chi connectivity index (χ0n) is 8.41. The van der Waals surface area contributed by atoms with Crippen molar-refractivity contribution in [3.63, 3.8) is 0 Å². The number of halogens is 1. The molecule has 2 rings (SSSR count). The summed E-state index contributed by atoms with van der Waals surface area (Å²) in [6.45, 7) is 2.09. The summed E-state index contributed by atoms with van der Waals surface area (Å²) < 4.78 is 1.08. The molecule has 0 saturated carbocycles. The molecule has 0 radical (unpaired) electrons. The topological polar surface area (TPSA) is 26.0 Å². The molecule has 0 aliphatic rings. The summed E-state index contributed by atoms with van der Waals surface area (Å²) in [6, 6.07) is 8.28.